The molecule has 3 aromatic rings. The zero-order valence-corrected chi connectivity index (χ0v) is 17.3. The Morgan fingerprint density at radius 1 is 1.07 bits per heavy atom. The number of carbonyl (C=O) groups is 2. The molecule has 1 amide bonds. The van der Waals surface area contributed by atoms with Crippen molar-refractivity contribution in [3.8, 4) is 0 Å². The van der Waals surface area contributed by atoms with Crippen LogP contribution in [0.15, 0.2) is 66.0 Å². The van der Waals surface area contributed by atoms with Gasteiger partial charge in [0.1, 0.15) is 17.2 Å². The highest BCUT2D eigenvalue weighted by molar-refractivity contribution is 7.99. The van der Waals surface area contributed by atoms with Gasteiger partial charge in [0.2, 0.25) is 5.91 Å². The third-order valence-corrected chi connectivity index (χ3v) is 5.26. The fourth-order valence-corrected chi connectivity index (χ4v) is 3.37. The van der Waals surface area contributed by atoms with E-state index >= 15 is 0 Å². The fourth-order valence-electron chi connectivity index (χ4n) is 2.50. The Hall–Kier alpha value is -2.90. The van der Waals surface area contributed by atoms with Crippen molar-refractivity contribution in [2.45, 2.75) is 18.5 Å². The van der Waals surface area contributed by atoms with Crippen molar-refractivity contribution in [1.29, 1.82) is 0 Å². The van der Waals surface area contributed by atoms with Gasteiger partial charge < -0.3 is 10.6 Å². The number of Topliss-reactive ketones (excluding diaryl/α,β-unsaturated/α-hetero) is 1. The number of thioether (sulfide) groups is 1. The van der Waals surface area contributed by atoms with Crippen LogP contribution in [-0.4, -0.2) is 27.4 Å². The van der Waals surface area contributed by atoms with Gasteiger partial charge in [-0.3, -0.25) is 9.59 Å². The molecule has 2 aromatic carbocycles. The molecular weight excluding hydrogens is 408 g/mol. The molecule has 8 heteroatoms. The Kier molecular flexibility index (Phi) is 7.21. The third-order valence-electron chi connectivity index (χ3n) is 3.96. The number of benzene rings is 2. The van der Waals surface area contributed by atoms with E-state index in [1.54, 1.807) is 30.3 Å². The lowest BCUT2D eigenvalue weighted by atomic mass is 10.1. The molecule has 0 spiro atoms. The number of carbonyl (C=O) groups excluding carboxylic acids is 2. The number of hydrogen-bond acceptors (Lipinski definition) is 6. The Labute approximate surface area is 178 Å². The summed E-state index contributed by atoms with van der Waals surface area (Å²) in [6.45, 7) is 2.02. The van der Waals surface area contributed by atoms with E-state index in [9.17, 15) is 9.59 Å². The summed E-state index contributed by atoms with van der Waals surface area (Å²) in [6.07, 6.45) is 1.45. The van der Waals surface area contributed by atoms with Crippen molar-refractivity contribution in [3.05, 3.63) is 77.1 Å². The second-order valence-electron chi connectivity index (χ2n) is 6.16. The standard InChI is InChI=1S/C21H19ClN4O2S/c1-14(27)15-6-4-7-17(9-15)26-20(28)12-29-21-10-19(24-13-25-21)23-11-16-5-2-3-8-18(16)22/h2-10,13H,11-12H2,1H3,(H,26,28)(H,23,24,25). The van der Waals surface area contributed by atoms with Gasteiger partial charge in [0, 0.05) is 28.9 Å². The van der Waals surface area contributed by atoms with Gasteiger partial charge in [-0.1, -0.05) is 53.7 Å². The molecule has 0 bridgehead atoms. The van der Waals surface area contributed by atoms with Gasteiger partial charge >= 0.3 is 0 Å². The number of ketones is 1. The summed E-state index contributed by atoms with van der Waals surface area (Å²) in [7, 11) is 0. The van der Waals surface area contributed by atoms with Crippen LogP contribution in [0.1, 0.15) is 22.8 Å². The van der Waals surface area contributed by atoms with Gasteiger partial charge in [0.15, 0.2) is 5.78 Å². The SMILES string of the molecule is CC(=O)c1cccc(NC(=O)CSc2cc(NCc3ccccc3Cl)ncn2)c1. The first-order valence-electron chi connectivity index (χ1n) is 8.84. The van der Waals surface area contributed by atoms with Gasteiger partial charge in [-0.25, -0.2) is 9.97 Å². The number of aromatic nitrogens is 2. The minimum Gasteiger partial charge on any atom is -0.366 e. The first kappa shape index (κ1) is 20.8. The molecule has 0 unspecified atom stereocenters. The number of halogens is 1. The summed E-state index contributed by atoms with van der Waals surface area (Å²) in [5.74, 6) is 0.607. The summed E-state index contributed by atoms with van der Waals surface area (Å²) in [5.41, 5.74) is 2.11. The van der Waals surface area contributed by atoms with Crippen molar-refractivity contribution < 1.29 is 9.59 Å². The van der Waals surface area contributed by atoms with Crippen LogP contribution in [0, 0.1) is 0 Å². The quantitative estimate of drug-likeness (QED) is 0.309. The summed E-state index contributed by atoms with van der Waals surface area (Å²) in [4.78, 5) is 32.0. The third kappa shape index (κ3) is 6.30. The topological polar surface area (TPSA) is 84.0 Å². The zero-order valence-electron chi connectivity index (χ0n) is 15.7. The predicted octanol–water partition coefficient (Wildman–Crippen LogP) is 4.68. The second kappa shape index (κ2) is 10.0. The van der Waals surface area contributed by atoms with E-state index in [0.29, 0.717) is 33.7 Å². The van der Waals surface area contributed by atoms with Crippen molar-refractivity contribution in [2.75, 3.05) is 16.4 Å². The number of anilines is 2. The van der Waals surface area contributed by atoms with Crippen molar-refractivity contribution >= 4 is 46.6 Å². The summed E-state index contributed by atoms with van der Waals surface area (Å²) >= 11 is 7.46. The number of rotatable bonds is 8. The van der Waals surface area contributed by atoms with E-state index in [1.807, 2.05) is 24.3 Å². The number of amides is 1. The number of nitrogens with one attached hydrogen (secondary N) is 2. The smallest absolute Gasteiger partial charge is 0.234 e. The molecule has 0 aliphatic carbocycles. The highest BCUT2D eigenvalue weighted by Gasteiger charge is 2.08. The Morgan fingerprint density at radius 2 is 1.90 bits per heavy atom. The van der Waals surface area contributed by atoms with Crippen LogP contribution in [0.2, 0.25) is 5.02 Å². The molecule has 6 nitrogen and oxygen atoms in total. The average Bonchev–Trinajstić information content (AvgIpc) is 2.72. The maximum absolute atomic E-state index is 12.2. The molecule has 2 N–H and O–H groups in total. The molecule has 148 valence electrons. The van der Waals surface area contributed by atoms with Crippen LogP contribution in [0.3, 0.4) is 0 Å². The van der Waals surface area contributed by atoms with E-state index in [-0.39, 0.29) is 17.4 Å². The average molecular weight is 427 g/mol. The molecule has 0 atom stereocenters. The largest absolute Gasteiger partial charge is 0.366 e. The summed E-state index contributed by atoms with van der Waals surface area (Å²) < 4.78 is 0. The molecule has 3 rings (SSSR count). The molecule has 0 aliphatic heterocycles. The van der Waals surface area contributed by atoms with Gasteiger partial charge in [0.05, 0.1) is 5.75 Å². The lowest BCUT2D eigenvalue weighted by Crippen LogP contribution is -2.14. The highest BCUT2D eigenvalue weighted by Crippen LogP contribution is 2.20. The molecule has 0 aliphatic rings. The van der Waals surface area contributed by atoms with Crippen molar-refractivity contribution in [2.24, 2.45) is 0 Å². The molecule has 0 saturated heterocycles. The minimum atomic E-state index is -0.181. The minimum absolute atomic E-state index is 0.0479. The van der Waals surface area contributed by atoms with E-state index in [0.717, 1.165) is 5.56 Å². The summed E-state index contributed by atoms with van der Waals surface area (Å²) in [6, 6.07) is 16.2. The normalized spacial score (nSPS) is 10.4. The van der Waals surface area contributed by atoms with Crippen LogP contribution in [0.4, 0.5) is 11.5 Å². The van der Waals surface area contributed by atoms with Crippen LogP contribution in [-0.2, 0) is 11.3 Å². The number of nitrogens with zero attached hydrogens (tertiary/aromatic N) is 2. The Balaban J connectivity index is 1.53. The van der Waals surface area contributed by atoms with Crippen molar-refractivity contribution in [1.82, 2.24) is 9.97 Å². The fraction of sp³-hybridized carbons (Fsp3) is 0.143. The highest BCUT2D eigenvalue weighted by atomic mass is 35.5. The molecule has 1 heterocycles. The second-order valence-corrected chi connectivity index (χ2v) is 7.56. The van der Waals surface area contributed by atoms with Crippen LogP contribution in [0.5, 0.6) is 0 Å². The van der Waals surface area contributed by atoms with E-state index in [2.05, 4.69) is 20.6 Å². The number of hydrogen-bond donors (Lipinski definition) is 2. The van der Waals surface area contributed by atoms with Gasteiger partial charge in [-0.05, 0) is 30.7 Å². The molecule has 1 aromatic heterocycles. The van der Waals surface area contributed by atoms with Gasteiger partial charge in [-0.15, -0.1) is 0 Å². The molecule has 0 saturated carbocycles. The van der Waals surface area contributed by atoms with Crippen molar-refractivity contribution in [3.63, 3.8) is 0 Å². The van der Waals surface area contributed by atoms with Crippen LogP contribution in [0.25, 0.3) is 0 Å². The lowest BCUT2D eigenvalue weighted by Gasteiger charge is -2.09. The lowest BCUT2D eigenvalue weighted by molar-refractivity contribution is -0.113. The maximum atomic E-state index is 12.2. The van der Waals surface area contributed by atoms with E-state index in [4.69, 9.17) is 11.6 Å². The molecular formula is C21H19ClN4O2S. The van der Waals surface area contributed by atoms with Gasteiger partial charge in [-0.2, -0.15) is 0 Å². The van der Waals surface area contributed by atoms with Gasteiger partial charge in [0.25, 0.3) is 0 Å². The Bertz CT molecular complexity index is 1030. The first-order valence-corrected chi connectivity index (χ1v) is 10.2. The summed E-state index contributed by atoms with van der Waals surface area (Å²) in [5, 5.41) is 7.36. The monoisotopic (exact) mass is 426 g/mol. The zero-order chi connectivity index (χ0) is 20.6. The Morgan fingerprint density at radius 3 is 2.69 bits per heavy atom. The molecule has 0 fully saturated rings. The van der Waals surface area contributed by atoms with E-state index in [1.165, 1.54) is 25.0 Å². The molecule has 0 radical (unpaired) electrons. The van der Waals surface area contributed by atoms with E-state index < -0.39 is 0 Å². The van der Waals surface area contributed by atoms with Crippen LogP contribution < -0.4 is 10.6 Å². The first-order chi connectivity index (χ1) is 14.0. The predicted molar refractivity (Wildman–Crippen MR) is 117 cm³/mol. The maximum Gasteiger partial charge on any atom is 0.234 e. The molecule has 29 heavy (non-hydrogen) atoms. The van der Waals surface area contributed by atoms with Crippen LogP contribution >= 0.6 is 23.4 Å².